The average Bonchev–Trinajstić information content (AvgIpc) is 2.77. The molecular formula is C22H16N6O. The number of rotatable bonds is 6. The Labute approximate surface area is 167 Å². The maximum absolute atomic E-state index is 9.19. The van der Waals surface area contributed by atoms with Crippen molar-refractivity contribution < 1.29 is 4.74 Å². The van der Waals surface area contributed by atoms with E-state index in [-0.39, 0.29) is 0 Å². The highest BCUT2D eigenvalue weighted by molar-refractivity contribution is 5.64. The predicted octanol–water partition coefficient (Wildman–Crippen LogP) is 5.02. The summed E-state index contributed by atoms with van der Waals surface area (Å²) in [5, 5.41) is 23.3. The van der Waals surface area contributed by atoms with Crippen LogP contribution in [0.15, 0.2) is 85.1 Å². The van der Waals surface area contributed by atoms with Crippen LogP contribution in [-0.2, 0) is 0 Å². The SMILES string of the molecule is N#Cc1ccccc1Nc1nncc(Nc2ccc(Oc3ccccc3)cc2)n1. The molecule has 0 fully saturated rings. The quantitative estimate of drug-likeness (QED) is 0.485. The van der Waals surface area contributed by atoms with Crippen LogP contribution in [0.3, 0.4) is 0 Å². The molecule has 1 heterocycles. The zero-order valence-electron chi connectivity index (χ0n) is 15.3. The lowest BCUT2D eigenvalue weighted by atomic mass is 10.2. The molecule has 0 unspecified atom stereocenters. The van der Waals surface area contributed by atoms with Gasteiger partial charge in [0.05, 0.1) is 17.4 Å². The molecule has 4 aromatic rings. The number of ether oxygens (including phenoxy) is 1. The van der Waals surface area contributed by atoms with Crippen molar-refractivity contribution in [2.75, 3.05) is 10.6 Å². The first-order valence-corrected chi connectivity index (χ1v) is 8.86. The van der Waals surface area contributed by atoms with E-state index in [0.29, 0.717) is 23.0 Å². The molecule has 7 nitrogen and oxygen atoms in total. The number of aromatic nitrogens is 3. The Kier molecular flexibility index (Phi) is 5.26. The summed E-state index contributed by atoms with van der Waals surface area (Å²) in [5.74, 6) is 2.33. The number of hydrogen-bond acceptors (Lipinski definition) is 7. The smallest absolute Gasteiger partial charge is 0.249 e. The van der Waals surface area contributed by atoms with E-state index in [1.807, 2.05) is 60.7 Å². The Bertz CT molecular complexity index is 1140. The Morgan fingerprint density at radius 3 is 2.31 bits per heavy atom. The van der Waals surface area contributed by atoms with Crippen LogP contribution in [0.4, 0.5) is 23.1 Å². The lowest BCUT2D eigenvalue weighted by molar-refractivity contribution is 0.483. The van der Waals surface area contributed by atoms with Crippen LogP contribution in [0.25, 0.3) is 0 Å². The zero-order chi connectivity index (χ0) is 19.9. The summed E-state index contributed by atoms with van der Waals surface area (Å²) in [4.78, 5) is 4.39. The Hall–Kier alpha value is -4.44. The highest BCUT2D eigenvalue weighted by atomic mass is 16.5. The molecule has 0 aliphatic rings. The summed E-state index contributed by atoms with van der Waals surface area (Å²) in [6, 6.07) is 26.4. The average molecular weight is 380 g/mol. The summed E-state index contributed by atoms with van der Waals surface area (Å²) in [7, 11) is 0. The van der Waals surface area contributed by atoms with Crippen molar-refractivity contribution in [1.29, 1.82) is 5.26 Å². The van der Waals surface area contributed by atoms with E-state index >= 15 is 0 Å². The van der Waals surface area contributed by atoms with Crippen LogP contribution >= 0.6 is 0 Å². The molecule has 1 aromatic heterocycles. The number of anilines is 4. The van der Waals surface area contributed by atoms with Gasteiger partial charge in [-0.25, -0.2) is 0 Å². The zero-order valence-corrected chi connectivity index (χ0v) is 15.3. The van der Waals surface area contributed by atoms with E-state index in [2.05, 4.69) is 31.9 Å². The second-order valence-electron chi connectivity index (χ2n) is 6.01. The molecule has 7 heteroatoms. The first-order chi connectivity index (χ1) is 14.3. The maximum atomic E-state index is 9.19. The molecular weight excluding hydrogens is 364 g/mol. The van der Waals surface area contributed by atoms with Gasteiger partial charge in [-0.05, 0) is 48.5 Å². The molecule has 0 aliphatic heterocycles. The largest absolute Gasteiger partial charge is 0.457 e. The van der Waals surface area contributed by atoms with Gasteiger partial charge in [-0.1, -0.05) is 30.3 Å². The van der Waals surface area contributed by atoms with Crippen LogP contribution in [0, 0.1) is 11.3 Å². The molecule has 0 amide bonds. The number of hydrogen-bond donors (Lipinski definition) is 2. The first-order valence-electron chi connectivity index (χ1n) is 8.86. The minimum Gasteiger partial charge on any atom is -0.457 e. The van der Waals surface area contributed by atoms with E-state index in [1.165, 1.54) is 6.20 Å². The van der Waals surface area contributed by atoms with Crippen molar-refractivity contribution in [3.05, 3.63) is 90.6 Å². The van der Waals surface area contributed by atoms with E-state index in [0.717, 1.165) is 17.2 Å². The minimum atomic E-state index is 0.293. The summed E-state index contributed by atoms with van der Waals surface area (Å²) < 4.78 is 5.79. The molecule has 0 radical (unpaired) electrons. The summed E-state index contributed by atoms with van der Waals surface area (Å²) in [5.41, 5.74) is 1.95. The van der Waals surface area contributed by atoms with Crippen LogP contribution in [0.2, 0.25) is 0 Å². The molecule has 2 N–H and O–H groups in total. The lowest BCUT2D eigenvalue weighted by Gasteiger charge is -2.09. The van der Waals surface area contributed by atoms with Gasteiger partial charge in [-0.15, -0.1) is 5.10 Å². The monoisotopic (exact) mass is 380 g/mol. The second-order valence-corrected chi connectivity index (χ2v) is 6.01. The standard InChI is InChI=1S/C22H16N6O/c23-14-16-6-4-5-9-20(16)26-22-27-21(15-24-28-22)25-17-10-12-19(13-11-17)29-18-7-2-1-3-8-18/h1-13,15H,(H2,25,26,27,28). The molecule has 0 saturated carbocycles. The van der Waals surface area contributed by atoms with Gasteiger partial charge in [-0.3, -0.25) is 0 Å². The molecule has 29 heavy (non-hydrogen) atoms. The van der Waals surface area contributed by atoms with Gasteiger partial charge in [-0.2, -0.15) is 15.3 Å². The number of nitrogens with zero attached hydrogens (tertiary/aromatic N) is 4. The van der Waals surface area contributed by atoms with Gasteiger partial charge in [0.1, 0.15) is 17.6 Å². The third kappa shape index (κ3) is 4.64. The van der Waals surface area contributed by atoms with Gasteiger partial charge < -0.3 is 15.4 Å². The van der Waals surface area contributed by atoms with Crippen molar-refractivity contribution in [2.24, 2.45) is 0 Å². The molecule has 4 rings (SSSR count). The molecule has 0 bridgehead atoms. The van der Waals surface area contributed by atoms with E-state index < -0.39 is 0 Å². The maximum Gasteiger partial charge on any atom is 0.249 e. The number of benzene rings is 3. The first kappa shape index (κ1) is 17.9. The molecule has 0 spiro atoms. The fourth-order valence-corrected chi connectivity index (χ4v) is 2.61. The molecule has 0 atom stereocenters. The second kappa shape index (κ2) is 8.50. The Balaban J connectivity index is 1.44. The van der Waals surface area contributed by atoms with Crippen molar-refractivity contribution in [3.63, 3.8) is 0 Å². The van der Waals surface area contributed by atoms with E-state index in [9.17, 15) is 5.26 Å². The third-order valence-corrected chi connectivity index (χ3v) is 3.96. The lowest BCUT2D eigenvalue weighted by Crippen LogP contribution is -2.03. The summed E-state index contributed by atoms with van der Waals surface area (Å²) in [6.07, 6.45) is 1.52. The summed E-state index contributed by atoms with van der Waals surface area (Å²) >= 11 is 0. The normalized spacial score (nSPS) is 10.0. The van der Waals surface area contributed by atoms with Crippen molar-refractivity contribution in [1.82, 2.24) is 15.2 Å². The summed E-state index contributed by atoms with van der Waals surface area (Å²) in [6.45, 7) is 0. The molecule has 0 saturated heterocycles. The van der Waals surface area contributed by atoms with Crippen LogP contribution in [0.5, 0.6) is 11.5 Å². The number of nitrogens with one attached hydrogen (secondary N) is 2. The molecule has 140 valence electrons. The van der Waals surface area contributed by atoms with Gasteiger partial charge >= 0.3 is 0 Å². The van der Waals surface area contributed by atoms with Crippen molar-refractivity contribution >= 4 is 23.1 Å². The third-order valence-electron chi connectivity index (χ3n) is 3.96. The molecule has 3 aromatic carbocycles. The van der Waals surface area contributed by atoms with Crippen LogP contribution in [-0.4, -0.2) is 15.2 Å². The fourth-order valence-electron chi connectivity index (χ4n) is 2.61. The Morgan fingerprint density at radius 1 is 0.793 bits per heavy atom. The highest BCUT2D eigenvalue weighted by Gasteiger charge is 2.06. The predicted molar refractivity (Wildman–Crippen MR) is 111 cm³/mol. The van der Waals surface area contributed by atoms with E-state index in [4.69, 9.17) is 4.74 Å². The fraction of sp³-hybridized carbons (Fsp3) is 0. The van der Waals surface area contributed by atoms with Gasteiger partial charge in [0.25, 0.3) is 0 Å². The van der Waals surface area contributed by atoms with Crippen molar-refractivity contribution in [2.45, 2.75) is 0 Å². The molecule has 0 aliphatic carbocycles. The van der Waals surface area contributed by atoms with Gasteiger partial charge in [0.2, 0.25) is 5.95 Å². The van der Waals surface area contributed by atoms with Gasteiger partial charge in [0.15, 0.2) is 5.82 Å². The van der Waals surface area contributed by atoms with Crippen LogP contribution < -0.4 is 15.4 Å². The minimum absolute atomic E-state index is 0.293. The highest BCUT2D eigenvalue weighted by Crippen LogP contribution is 2.24. The van der Waals surface area contributed by atoms with Crippen LogP contribution in [0.1, 0.15) is 5.56 Å². The van der Waals surface area contributed by atoms with Crippen molar-refractivity contribution in [3.8, 4) is 17.6 Å². The number of para-hydroxylation sites is 2. The van der Waals surface area contributed by atoms with Gasteiger partial charge in [0, 0.05) is 5.69 Å². The number of nitriles is 1. The van der Waals surface area contributed by atoms with E-state index in [1.54, 1.807) is 18.2 Å². The topological polar surface area (TPSA) is 95.8 Å². The Morgan fingerprint density at radius 2 is 1.52 bits per heavy atom.